The number of carbonyl (C=O) groups excluding carboxylic acids is 1. The van der Waals surface area contributed by atoms with Gasteiger partial charge in [-0.3, -0.25) is 10.3 Å². The van der Waals surface area contributed by atoms with Gasteiger partial charge in [0.1, 0.15) is 6.61 Å². The van der Waals surface area contributed by atoms with Gasteiger partial charge in [0, 0.05) is 5.56 Å². The van der Waals surface area contributed by atoms with E-state index in [-0.39, 0.29) is 12.4 Å². The van der Waals surface area contributed by atoms with Crippen molar-refractivity contribution in [1.29, 1.82) is 0 Å². The zero-order valence-corrected chi connectivity index (χ0v) is 9.49. The Morgan fingerprint density at radius 3 is 3.00 bits per heavy atom. The number of Topliss-reactive ketones (excluding diaryl/α,β-unsaturated/α-hetero) is 1. The fourth-order valence-electron chi connectivity index (χ4n) is 2.03. The van der Waals surface area contributed by atoms with Gasteiger partial charge in [0.2, 0.25) is 5.78 Å². The molecule has 1 spiro atoms. The minimum atomic E-state index is -1.32. The highest BCUT2D eigenvalue weighted by atomic mass is 16.8. The lowest BCUT2D eigenvalue weighted by Gasteiger charge is -2.38. The summed E-state index contributed by atoms with van der Waals surface area (Å²) in [5, 5.41) is 0. The van der Waals surface area contributed by atoms with Crippen molar-refractivity contribution in [3.05, 3.63) is 29.3 Å². The van der Waals surface area contributed by atoms with Gasteiger partial charge in [-0.2, -0.15) is 0 Å². The van der Waals surface area contributed by atoms with E-state index in [1.54, 1.807) is 6.07 Å². The summed E-state index contributed by atoms with van der Waals surface area (Å²) in [5.74, 6) is -1.51. The third-order valence-corrected chi connectivity index (χ3v) is 2.95. The smallest absolute Gasteiger partial charge is 0.281 e. The number of carbonyl (C=O) groups is 1. The van der Waals surface area contributed by atoms with E-state index in [2.05, 4.69) is 5.48 Å². The third-order valence-electron chi connectivity index (χ3n) is 2.95. The Balaban J connectivity index is 2.00. The normalized spacial score (nSPS) is 27.7. The lowest BCUT2D eigenvalue weighted by atomic mass is 9.99. The molecule has 17 heavy (non-hydrogen) atoms. The Kier molecular flexibility index (Phi) is 2.39. The molecule has 1 unspecified atom stereocenters. The number of hydrogen-bond donors (Lipinski definition) is 1. The molecule has 90 valence electrons. The molecule has 2 aliphatic heterocycles. The van der Waals surface area contributed by atoms with Gasteiger partial charge in [0.25, 0.3) is 5.79 Å². The van der Waals surface area contributed by atoms with Crippen LogP contribution in [0, 0.1) is 6.92 Å². The number of hydrogen-bond acceptors (Lipinski definition) is 5. The maximum absolute atomic E-state index is 12.3. The summed E-state index contributed by atoms with van der Waals surface area (Å²) in [6, 6.07) is 5.53. The molecule has 1 atom stereocenters. The zero-order valence-electron chi connectivity index (χ0n) is 9.49. The number of anilines is 1. The molecule has 0 saturated carbocycles. The van der Waals surface area contributed by atoms with E-state index in [0.29, 0.717) is 24.5 Å². The van der Waals surface area contributed by atoms with E-state index in [1.165, 1.54) is 0 Å². The molecule has 1 N–H and O–H groups in total. The van der Waals surface area contributed by atoms with Gasteiger partial charge in [0.05, 0.1) is 18.9 Å². The first kappa shape index (κ1) is 10.7. The van der Waals surface area contributed by atoms with Crippen molar-refractivity contribution >= 4 is 11.5 Å². The molecule has 0 aromatic heterocycles. The molecule has 3 rings (SSSR count). The molecule has 0 aliphatic carbocycles. The largest absolute Gasteiger partial charge is 0.373 e. The van der Waals surface area contributed by atoms with Crippen molar-refractivity contribution in [1.82, 2.24) is 0 Å². The van der Waals surface area contributed by atoms with Gasteiger partial charge in [-0.05, 0) is 24.6 Å². The highest BCUT2D eigenvalue weighted by Crippen LogP contribution is 2.32. The molecule has 5 nitrogen and oxygen atoms in total. The average Bonchev–Trinajstić information content (AvgIpc) is 2.36. The summed E-state index contributed by atoms with van der Waals surface area (Å²) in [6.07, 6.45) is 0. The first-order chi connectivity index (χ1) is 8.21. The molecule has 1 saturated heterocycles. The number of ether oxygens (including phenoxy) is 2. The molecule has 5 heteroatoms. The van der Waals surface area contributed by atoms with Crippen LogP contribution in [0.15, 0.2) is 18.2 Å². The van der Waals surface area contributed by atoms with Crippen molar-refractivity contribution < 1.29 is 19.1 Å². The maximum atomic E-state index is 12.3. The second kappa shape index (κ2) is 3.80. The Hall–Kier alpha value is -1.43. The summed E-state index contributed by atoms with van der Waals surface area (Å²) in [7, 11) is 0. The summed E-state index contributed by atoms with van der Waals surface area (Å²) < 4.78 is 10.7. The van der Waals surface area contributed by atoms with Gasteiger partial charge < -0.3 is 9.47 Å². The molecule has 1 fully saturated rings. The number of nitrogens with one attached hydrogen (secondary N) is 1. The molecular formula is C12H13NO4. The topological polar surface area (TPSA) is 56.8 Å². The average molecular weight is 235 g/mol. The number of rotatable bonds is 0. The predicted octanol–water partition coefficient (Wildman–Crippen LogP) is 1.28. The Bertz CT molecular complexity index is 466. The van der Waals surface area contributed by atoms with Gasteiger partial charge in [0.15, 0.2) is 0 Å². The molecule has 0 radical (unpaired) electrons. The van der Waals surface area contributed by atoms with Crippen LogP contribution in [-0.2, 0) is 14.3 Å². The van der Waals surface area contributed by atoms with Crippen LogP contribution in [0.2, 0.25) is 0 Å². The quantitative estimate of drug-likeness (QED) is 0.734. The van der Waals surface area contributed by atoms with E-state index in [0.717, 1.165) is 5.56 Å². The summed E-state index contributed by atoms with van der Waals surface area (Å²) in [4.78, 5) is 17.7. The summed E-state index contributed by atoms with van der Waals surface area (Å²) in [6.45, 7) is 2.91. The second-order valence-corrected chi connectivity index (χ2v) is 4.24. The van der Waals surface area contributed by atoms with Gasteiger partial charge in [-0.1, -0.05) is 6.07 Å². The van der Waals surface area contributed by atoms with Crippen molar-refractivity contribution in [2.75, 3.05) is 25.3 Å². The van der Waals surface area contributed by atoms with E-state index in [4.69, 9.17) is 14.3 Å². The van der Waals surface area contributed by atoms with Crippen LogP contribution in [0.1, 0.15) is 15.9 Å². The minimum absolute atomic E-state index is 0.117. The van der Waals surface area contributed by atoms with Crippen molar-refractivity contribution in [2.45, 2.75) is 12.7 Å². The van der Waals surface area contributed by atoms with Crippen LogP contribution in [0.5, 0.6) is 0 Å². The highest BCUT2D eigenvalue weighted by molar-refractivity contribution is 6.07. The number of ketones is 1. The van der Waals surface area contributed by atoms with Crippen LogP contribution >= 0.6 is 0 Å². The van der Waals surface area contributed by atoms with E-state index in [1.807, 2.05) is 19.1 Å². The molecule has 0 bridgehead atoms. The molecular weight excluding hydrogens is 222 g/mol. The van der Waals surface area contributed by atoms with Gasteiger partial charge >= 0.3 is 0 Å². The van der Waals surface area contributed by atoms with Crippen LogP contribution in [0.25, 0.3) is 0 Å². The standard InChI is InChI=1S/C12H13NO4/c1-8-2-3-9-10(6-8)13-17-12(11(9)14)7-15-4-5-16-12/h2-3,6,13H,4-5,7H2,1H3. The lowest BCUT2D eigenvalue weighted by Crippen LogP contribution is -2.55. The number of aryl methyl sites for hydroxylation is 1. The maximum Gasteiger partial charge on any atom is 0.281 e. The molecule has 1 aromatic rings. The van der Waals surface area contributed by atoms with Crippen LogP contribution < -0.4 is 5.48 Å². The predicted molar refractivity (Wildman–Crippen MR) is 59.7 cm³/mol. The Labute approximate surface area is 98.6 Å². The van der Waals surface area contributed by atoms with Crippen LogP contribution in [0.3, 0.4) is 0 Å². The minimum Gasteiger partial charge on any atom is -0.373 e. The van der Waals surface area contributed by atoms with Crippen molar-refractivity contribution in [2.24, 2.45) is 0 Å². The van der Waals surface area contributed by atoms with Crippen molar-refractivity contribution in [3.63, 3.8) is 0 Å². The van der Waals surface area contributed by atoms with Gasteiger partial charge in [-0.15, -0.1) is 0 Å². The van der Waals surface area contributed by atoms with E-state index >= 15 is 0 Å². The first-order valence-corrected chi connectivity index (χ1v) is 5.52. The fraction of sp³-hybridized carbons (Fsp3) is 0.417. The Morgan fingerprint density at radius 1 is 1.35 bits per heavy atom. The lowest BCUT2D eigenvalue weighted by molar-refractivity contribution is -0.251. The third kappa shape index (κ3) is 1.63. The van der Waals surface area contributed by atoms with E-state index in [9.17, 15) is 4.79 Å². The molecule has 2 heterocycles. The van der Waals surface area contributed by atoms with Gasteiger partial charge in [-0.25, -0.2) is 4.84 Å². The van der Waals surface area contributed by atoms with Crippen LogP contribution in [-0.4, -0.2) is 31.4 Å². The van der Waals surface area contributed by atoms with E-state index < -0.39 is 5.79 Å². The summed E-state index contributed by atoms with van der Waals surface area (Å²) >= 11 is 0. The zero-order chi connectivity index (χ0) is 11.9. The highest BCUT2D eigenvalue weighted by Gasteiger charge is 2.48. The number of fused-ring (bicyclic) bond motifs is 1. The first-order valence-electron chi connectivity index (χ1n) is 5.52. The number of benzene rings is 1. The molecule has 0 amide bonds. The SMILES string of the molecule is Cc1ccc2c(c1)NOC1(COCCO1)C2=O. The summed E-state index contributed by atoms with van der Waals surface area (Å²) in [5.41, 5.74) is 5.08. The second-order valence-electron chi connectivity index (χ2n) is 4.24. The Morgan fingerprint density at radius 2 is 2.24 bits per heavy atom. The molecule has 1 aromatic carbocycles. The monoisotopic (exact) mass is 235 g/mol. The van der Waals surface area contributed by atoms with Crippen molar-refractivity contribution in [3.8, 4) is 0 Å². The van der Waals surface area contributed by atoms with Crippen LogP contribution in [0.4, 0.5) is 5.69 Å². The fourth-order valence-corrected chi connectivity index (χ4v) is 2.03. The molecule has 2 aliphatic rings.